The Balaban J connectivity index is 2.14. The molecule has 1 atom stereocenters. The van der Waals surface area contributed by atoms with Crippen LogP contribution >= 0.6 is 11.6 Å². The number of fused-ring (bicyclic) bond motifs is 1. The van der Waals surface area contributed by atoms with Gasteiger partial charge in [0.15, 0.2) is 0 Å². The summed E-state index contributed by atoms with van der Waals surface area (Å²) in [6.07, 6.45) is 9.61. The molecule has 0 saturated heterocycles. The molecule has 1 aromatic heterocycles. The normalized spacial score (nSPS) is 16.9. The van der Waals surface area contributed by atoms with Gasteiger partial charge in [-0.25, -0.2) is 9.97 Å². The van der Waals surface area contributed by atoms with Gasteiger partial charge in [-0.2, -0.15) is 0 Å². The number of aryl methyl sites for hydroxylation is 1. The number of aromatic nitrogens is 2. The number of halogens is 1. The van der Waals surface area contributed by atoms with Crippen LogP contribution in [-0.2, 0) is 19.3 Å². The van der Waals surface area contributed by atoms with E-state index in [0.717, 1.165) is 32.1 Å². The number of rotatable bonds is 4. The molecule has 0 N–H and O–H groups in total. The van der Waals surface area contributed by atoms with Crippen LogP contribution in [0.2, 0.25) is 0 Å². The Morgan fingerprint density at radius 2 is 2.12 bits per heavy atom. The summed E-state index contributed by atoms with van der Waals surface area (Å²) in [6.45, 7) is 2.17. The first-order valence-corrected chi connectivity index (χ1v) is 6.70. The number of hydrogen-bond donors (Lipinski definition) is 0. The molecule has 1 aromatic rings. The molecule has 2 rings (SSSR count). The van der Waals surface area contributed by atoms with Gasteiger partial charge in [-0.15, -0.1) is 11.6 Å². The van der Waals surface area contributed by atoms with Crippen LogP contribution in [0.3, 0.4) is 0 Å². The summed E-state index contributed by atoms with van der Waals surface area (Å²) in [7, 11) is 0. The lowest BCUT2D eigenvalue weighted by atomic mass is 9.93. The Labute approximate surface area is 102 Å². The molecule has 0 spiro atoms. The highest BCUT2D eigenvalue weighted by atomic mass is 35.5. The van der Waals surface area contributed by atoms with Crippen molar-refractivity contribution in [3.8, 4) is 0 Å². The second-order valence-corrected chi connectivity index (χ2v) is 5.16. The third-order valence-electron chi connectivity index (χ3n) is 3.23. The van der Waals surface area contributed by atoms with E-state index in [2.05, 4.69) is 16.9 Å². The second kappa shape index (κ2) is 5.62. The van der Waals surface area contributed by atoms with Gasteiger partial charge in [0, 0.05) is 23.2 Å². The maximum atomic E-state index is 6.30. The molecule has 1 heterocycles. The minimum Gasteiger partial charge on any atom is -0.241 e. The van der Waals surface area contributed by atoms with Crippen molar-refractivity contribution in [1.82, 2.24) is 9.97 Å². The smallest absolute Gasteiger partial charge is 0.115 e. The van der Waals surface area contributed by atoms with E-state index in [-0.39, 0.29) is 5.38 Å². The fraction of sp³-hybridized carbons (Fsp3) is 0.692. The largest absolute Gasteiger partial charge is 0.241 e. The lowest BCUT2D eigenvalue weighted by molar-refractivity contribution is 0.639. The van der Waals surface area contributed by atoms with Crippen LogP contribution in [0.4, 0.5) is 0 Å². The Hall–Kier alpha value is -0.630. The Morgan fingerprint density at radius 3 is 2.94 bits per heavy atom. The zero-order valence-electron chi connectivity index (χ0n) is 9.88. The number of hydrogen-bond acceptors (Lipinski definition) is 2. The lowest BCUT2D eigenvalue weighted by Crippen LogP contribution is -2.14. The first-order valence-electron chi connectivity index (χ1n) is 6.27. The van der Waals surface area contributed by atoms with Gasteiger partial charge in [0.25, 0.3) is 0 Å². The SMILES string of the molecule is CCCC(Cl)Cc1ncnc2c1CCCC2. The van der Waals surface area contributed by atoms with E-state index in [1.54, 1.807) is 6.33 Å². The molecule has 0 amide bonds. The zero-order valence-corrected chi connectivity index (χ0v) is 10.6. The average molecular weight is 239 g/mol. The molecule has 0 bridgehead atoms. The Morgan fingerprint density at radius 1 is 1.31 bits per heavy atom. The fourth-order valence-electron chi connectivity index (χ4n) is 2.39. The molecule has 16 heavy (non-hydrogen) atoms. The van der Waals surface area contributed by atoms with Crippen LogP contribution in [0.15, 0.2) is 6.33 Å². The van der Waals surface area contributed by atoms with Gasteiger partial charge in [0.05, 0.1) is 0 Å². The molecule has 1 aliphatic carbocycles. The minimum absolute atomic E-state index is 0.228. The molecule has 3 heteroatoms. The van der Waals surface area contributed by atoms with E-state index < -0.39 is 0 Å². The summed E-state index contributed by atoms with van der Waals surface area (Å²) in [5, 5.41) is 0.228. The van der Waals surface area contributed by atoms with Crippen LogP contribution in [0, 0.1) is 0 Å². The third kappa shape index (κ3) is 2.73. The summed E-state index contributed by atoms with van der Waals surface area (Å²) in [4.78, 5) is 8.80. The maximum Gasteiger partial charge on any atom is 0.115 e. The van der Waals surface area contributed by atoms with Crippen molar-refractivity contribution in [2.24, 2.45) is 0 Å². The van der Waals surface area contributed by atoms with E-state index >= 15 is 0 Å². The van der Waals surface area contributed by atoms with Gasteiger partial charge >= 0.3 is 0 Å². The molecule has 1 unspecified atom stereocenters. The summed E-state index contributed by atoms with van der Waals surface area (Å²) in [6, 6.07) is 0. The third-order valence-corrected chi connectivity index (χ3v) is 3.60. The molecule has 0 radical (unpaired) electrons. The Kier molecular flexibility index (Phi) is 4.16. The molecule has 0 aromatic carbocycles. The molecular formula is C13H19ClN2. The topological polar surface area (TPSA) is 25.8 Å². The van der Waals surface area contributed by atoms with Gasteiger partial charge in [-0.05, 0) is 37.7 Å². The van der Waals surface area contributed by atoms with Crippen LogP contribution in [0.5, 0.6) is 0 Å². The summed E-state index contributed by atoms with van der Waals surface area (Å²) in [5.74, 6) is 0. The predicted octanol–water partition coefficient (Wildman–Crippen LogP) is 3.31. The summed E-state index contributed by atoms with van der Waals surface area (Å²) >= 11 is 6.30. The predicted molar refractivity (Wildman–Crippen MR) is 66.9 cm³/mol. The van der Waals surface area contributed by atoms with E-state index in [1.165, 1.54) is 29.8 Å². The fourth-order valence-corrected chi connectivity index (χ4v) is 2.75. The van der Waals surface area contributed by atoms with Crippen molar-refractivity contribution >= 4 is 11.6 Å². The quantitative estimate of drug-likeness (QED) is 0.753. The summed E-state index contributed by atoms with van der Waals surface area (Å²) in [5.41, 5.74) is 3.84. The molecule has 0 aliphatic heterocycles. The van der Waals surface area contributed by atoms with Gasteiger partial charge in [0.2, 0.25) is 0 Å². The lowest BCUT2D eigenvalue weighted by Gasteiger charge is -2.18. The average Bonchev–Trinajstić information content (AvgIpc) is 2.30. The van der Waals surface area contributed by atoms with Crippen molar-refractivity contribution in [2.75, 3.05) is 0 Å². The zero-order chi connectivity index (χ0) is 11.4. The van der Waals surface area contributed by atoms with E-state index in [1.807, 2.05) is 0 Å². The van der Waals surface area contributed by atoms with E-state index in [9.17, 15) is 0 Å². The van der Waals surface area contributed by atoms with Crippen molar-refractivity contribution in [3.63, 3.8) is 0 Å². The van der Waals surface area contributed by atoms with Crippen molar-refractivity contribution in [3.05, 3.63) is 23.3 Å². The van der Waals surface area contributed by atoms with Crippen LogP contribution < -0.4 is 0 Å². The highest BCUT2D eigenvalue weighted by Gasteiger charge is 2.17. The molecule has 2 nitrogen and oxygen atoms in total. The standard InChI is InChI=1S/C13H19ClN2/c1-2-5-10(14)8-13-11-6-3-4-7-12(11)15-9-16-13/h9-10H,2-8H2,1H3. The molecule has 1 aliphatic rings. The van der Waals surface area contributed by atoms with Gasteiger partial charge in [0.1, 0.15) is 6.33 Å². The second-order valence-electron chi connectivity index (χ2n) is 4.54. The molecule has 88 valence electrons. The van der Waals surface area contributed by atoms with Gasteiger partial charge < -0.3 is 0 Å². The first kappa shape index (κ1) is 11.8. The van der Waals surface area contributed by atoms with Crippen molar-refractivity contribution < 1.29 is 0 Å². The highest BCUT2D eigenvalue weighted by Crippen LogP contribution is 2.23. The van der Waals surface area contributed by atoms with Crippen molar-refractivity contribution in [2.45, 2.75) is 57.2 Å². The Bertz CT molecular complexity index is 352. The number of alkyl halides is 1. The maximum absolute atomic E-state index is 6.30. The van der Waals surface area contributed by atoms with Crippen molar-refractivity contribution in [1.29, 1.82) is 0 Å². The summed E-state index contributed by atoms with van der Waals surface area (Å²) < 4.78 is 0. The molecule has 0 fully saturated rings. The molecule has 0 saturated carbocycles. The van der Waals surface area contributed by atoms with Gasteiger partial charge in [-0.1, -0.05) is 13.3 Å². The van der Waals surface area contributed by atoms with E-state index in [0.29, 0.717) is 0 Å². The molecular weight excluding hydrogens is 220 g/mol. The highest BCUT2D eigenvalue weighted by molar-refractivity contribution is 6.20. The van der Waals surface area contributed by atoms with E-state index in [4.69, 9.17) is 11.6 Å². The van der Waals surface area contributed by atoms with Crippen LogP contribution in [0.25, 0.3) is 0 Å². The van der Waals surface area contributed by atoms with Gasteiger partial charge in [-0.3, -0.25) is 0 Å². The monoisotopic (exact) mass is 238 g/mol. The number of nitrogens with zero attached hydrogens (tertiary/aromatic N) is 2. The first-order chi connectivity index (χ1) is 7.81. The van der Waals surface area contributed by atoms with Crippen LogP contribution in [-0.4, -0.2) is 15.3 Å². The van der Waals surface area contributed by atoms with Crippen LogP contribution in [0.1, 0.15) is 49.6 Å². The minimum atomic E-state index is 0.228.